The minimum atomic E-state index is -3.99. The zero-order valence-electron chi connectivity index (χ0n) is 9.40. The van der Waals surface area contributed by atoms with Gasteiger partial charge in [-0.3, -0.25) is 14.8 Å². The van der Waals surface area contributed by atoms with Crippen molar-refractivity contribution in [3.05, 3.63) is 33.9 Å². The topological polar surface area (TPSA) is 89.3 Å². The molecule has 1 aromatic rings. The molecule has 0 aliphatic rings. The van der Waals surface area contributed by atoms with Gasteiger partial charge in [-0.1, -0.05) is 0 Å². The normalized spacial score (nSPS) is 11.3. The van der Waals surface area contributed by atoms with Crippen molar-refractivity contribution in [2.24, 2.45) is 0 Å². The van der Waals surface area contributed by atoms with E-state index >= 15 is 0 Å². The summed E-state index contributed by atoms with van der Waals surface area (Å²) < 4.78 is 51.1. The van der Waals surface area contributed by atoms with Gasteiger partial charge in [0.1, 0.15) is 5.82 Å². The van der Waals surface area contributed by atoms with Gasteiger partial charge in [0.05, 0.1) is 16.7 Å². The second-order valence-electron chi connectivity index (χ2n) is 3.50. The molecule has 0 saturated heterocycles. The summed E-state index contributed by atoms with van der Waals surface area (Å²) in [6.07, 6.45) is 0.0908. The fourth-order valence-electron chi connectivity index (χ4n) is 1.26. The Morgan fingerprint density at radius 1 is 1.37 bits per heavy atom. The number of nitrogens with zero attached hydrogens (tertiary/aromatic N) is 1. The Labute approximate surface area is 112 Å². The molecule has 1 N–H and O–H groups in total. The highest BCUT2D eigenvalue weighted by Gasteiger charge is 2.24. The molecule has 0 aliphatic carbocycles. The number of nitro groups is 1. The third-order valence-electron chi connectivity index (χ3n) is 2.04. The Hall–Kier alpha value is -1.48. The lowest BCUT2D eigenvalue weighted by Crippen LogP contribution is -2.19. The number of rotatable bonds is 6. The number of nitrogens with one attached hydrogen (secondary N) is 1. The van der Waals surface area contributed by atoms with E-state index in [2.05, 4.69) is 0 Å². The quantitative estimate of drug-likeness (QED) is 0.495. The van der Waals surface area contributed by atoms with Gasteiger partial charge in [-0.05, 0) is 6.42 Å². The zero-order valence-corrected chi connectivity index (χ0v) is 11.0. The van der Waals surface area contributed by atoms with Crippen molar-refractivity contribution in [1.29, 1.82) is 0 Å². The predicted octanol–water partition coefficient (Wildman–Crippen LogP) is 2.24. The largest absolute Gasteiger partial charge is 0.299 e. The molecule has 0 amide bonds. The van der Waals surface area contributed by atoms with E-state index in [1.54, 1.807) is 4.72 Å². The van der Waals surface area contributed by atoms with E-state index in [-0.39, 0.29) is 12.3 Å². The van der Waals surface area contributed by atoms with Crippen LogP contribution in [0.15, 0.2) is 12.1 Å². The van der Waals surface area contributed by atoms with Crippen LogP contribution in [-0.4, -0.2) is 25.0 Å². The molecule has 0 aliphatic heterocycles. The Morgan fingerprint density at radius 3 is 2.53 bits per heavy atom. The number of sulfonamides is 1. The average Bonchev–Trinajstić information content (AvgIpc) is 2.29. The monoisotopic (exact) mass is 314 g/mol. The number of alkyl halides is 1. The van der Waals surface area contributed by atoms with Crippen molar-refractivity contribution >= 4 is 33.0 Å². The van der Waals surface area contributed by atoms with Crippen molar-refractivity contribution in [2.75, 3.05) is 16.4 Å². The van der Waals surface area contributed by atoms with E-state index in [1.165, 1.54) is 0 Å². The first-order valence-corrected chi connectivity index (χ1v) is 7.15. The maximum Gasteiger partial charge on any atom is 0.299 e. The molecule has 0 aromatic heterocycles. The van der Waals surface area contributed by atoms with Crippen molar-refractivity contribution in [3.8, 4) is 0 Å². The Kier molecular flexibility index (Phi) is 5.01. The molecule has 0 atom stereocenters. The summed E-state index contributed by atoms with van der Waals surface area (Å²) in [6, 6.07) is 0.787. The Bertz CT molecular complexity index is 594. The van der Waals surface area contributed by atoms with Crippen LogP contribution < -0.4 is 4.72 Å². The van der Waals surface area contributed by atoms with Crippen molar-refractivity contribution in [3.63, 3.8) is 0 Å². The Balaban J connectivity index is 3.17. The van der Waals surface area contributed by atoms with Crippen molar-refractivity contribution in [2.45, 2.75) is 6.42 Å². The first kappa shape index (κ1) is 15.6. The number of nitro benzene ring substituents is 1. The van der Waals surface area contributed by atoms with Gasteiger partial charge in [-0.2, -0.15) is 0 Å². The van der Waals surface area contributed by atoms with Crippen molar-refractivity contribution in [1.82, 2.24) is 0 Å². The van der Waals surface area contributed by atoms with Crippen LogP contribution in [0.1, 0.15) is 6.42 Å². The summed E-state index contributed by atoms with van der Waals surface area (Å²) in [5, 5.41) is 10.6. The summed E-state index contributed by atoms with van der Waals surface area (Å²) in [4.78, 5) is 9.56. The number of hydrogen-bond acceptors (Lipinski definition) is 4. The molecule has 106 valence electrons. The molecule has 0 saturated carbocycles. The van der Waals surface area contributed by atoms with E-state index in [4.69, 9.17) is 11.6 Å². The molecule has 0 heterocycles. The molecule has 0 spiro atoms. The standard InChI is InChI=1S/C9H9ClF2N2O4S/c10-2-1-3-19(17,18)13-9-7(12)4-6(11)5-8(9)14(15)16/h4-5,13H,1-3H2. The molecule has 1 aromatic carbocycles. The second-order valence-corrected chi connectivity index (χ2v) is 5.72. The summed E-state index contributed by atoms with van der Waals surface area (Å²) >= 11 is 5.32. The molecular weight excluding hydrogens is 306 g/mol. The number of halogens is 3. The van der Waals surface area contributed by atoms with Crippen LogP contribution in [0.2, 0.25) is 0 Å². The average molecular weight is 315 g/mol. The van der Waals surface area contributed by atoms with Gasteiger partial charge in [0, 0.05) is 11.9 Å². The molecule has 0 unspecified atom stereocenters. The number of hydrogen-bond donors (Lipinski definition) is 1. The van der Waals surface area contributed by atoms with E-state index in [1.807, 2.05) is 0 Å². The fraction of sp³-hybridized carbons (Fsp3) is 0.333. The first-order valence-electron chi connectivity index (χ1n) is 4.96. The molecule has 1 rings (SSSR count). The molecule has 0 bridgehead atoms. The van der Waals surface area contributed by atoms with E-state index in [0.717, 1.165) is 0 Å². The fourth-order valence-corrected chi connectivity index (χ4v) is 2.69. The van der Waals surface area contributed by atoms with E-state index in [9.17, 15) is 27.3 Å². The van der Waals surface area contributed by atoms with Gasteiger partial charge in [0.15, 0.2) is 11.5 Å². The van der Waals surface area contributed by atoms with Crippen LogP contribution in [0.5, 0.6) is 0 Å². The lowest BCUT2D eigenvalue weighted by Gasteiger charge is -2.08. The predicted molar refractivity (Wildman–Crippen MR) is 65.8 cm³/mol. The zero-order chi connectivity index (χ0) is 14.6. The lowest BCUT2D eigenvalue weighted by atomic mass is 10.2. The van der Waals surface area contributed by atoms with Crippen molar-refractivity contribution < 1.29 is 22.1 Å². The summed E-state index contributed by atoms with van der Waals surface area (Å²) in [5.74, 6) is -2.90. The lowest BCUT2D eigenvalue weighted by molar-refractivity contribution is -0.384. The highest BCUT2D eigenvalue weighted by Crippen LogP contribution is 2.29. The second kappa shape index (κ2) is 6.11. The van der Waals surface area contributed by atoms with E-state index in [0.29, 0.717) is 12.1 Å². The van der Waals surface area contributed by atoms with Crippen LogP contribution in [0.25, 0.3) is 0 Å². The highest BCUT2D eigenvalue weighted by molar-refractivity contribution is 7.92. The van der Waals surface area contributed by atoms with Crippen LogP contribution >= 0.6 is 11.6 Å². The molecule has 0 fully saturated rings. The molecule has 10 heteroatoms. The smallest absolute Gasteiger partial charge is 0.275 e. The van der Waals surface area contributed by atoms with Crippen LogP contribution in [0.4, 0.5) is 20.2 Å². The summed E-state index contributed by atoms with van der Waals surface area (Å²) in [5.41, 5.74) is -1.88. The van der Waals surface area contributed by atoms with Gasteiger partial charge in [0.2, 0.25) is 10.0 Å². The van der Waals surface area contributed by atoms with Crippen LogP contribution in [0.3, 0.4) is 0 Å². The van der Waals surface area contributed by atoms with Gasteiger partial charge < -0.3 is 0 Å². The van der Waals surface area contributed by atoms with Crippen LogP contribution in [-0.2, 0) is 10.0 Å². The summed E-state index contributed by atoms with van der Waals surface area (Å²) in [7, 11) is -3.99. The van der Waals surface area contributed by atoms with Gasteiger partial charge >= 0.3 is 0 Å². The minimum absolute atomic E-state index is 0.0644. The summed E-state index contributed by atoms with van der Waals surface area (Å²) in [6.45, 7) is 0. The van der Waals surface area contributed by atoms with Gasteiger partial charge in [0.25, 0.3) is 5.69 Å². The highest BCUT2D eigenvalue weighted by atomic mass is 35.5. The third kappa shape index (κ3) is 4.28. The van der Waals surface area contributed by atoms with Gasteiger partial charge in [-0.25, -0.2) is 17.2 Å². The molecule has 0 radical (unpaired) electrons. The maximum atomic E-state index is 13.4. The molecule has 6 nitrogen and oxygen atoms in total. The third-order valence-corrected chi connectivity index (χ3v) is 3.64. The molecular formula is C9H9ClF2N2O4S. The molecule has 19 heavy (non-hydrogen) atoms. The SMILES string of the molecule is O=[N+]([O-])c1cc(F)cc(F)c1NS(=O)(=O)CCCCl. The Morgan fingerprint density at radius 2 is 2.00 bits per heavy atom. The minimum Gasteiger partial charge on any atom is -0.275 e. The van der Waals surface area contributed by atoms with Gasteiger partial charge in [-0.15, -0.1) is 11.6 Å². The number of anilines is 1. The number of benzene rings is 1. The van der Waals surface area contributed by atoms with E-state index < -0.39 is 43.7 Å². The first-order chi connectivity index (χ1) is 8.76. The van der Waals surface area contributed by atoms with Crippen LogP contribution in [0, 0.1) is 21.7 Å². The maximum absolute atomic E-state index is 13.4.